The molecule has 2 amide bonds. The normalized spacial score (nSPS) is 19.8. The Morgan fingerprint density at radius 1 is 1.21 bits per heavy atom. The predicted molar refractivity (Wildman–Crippen MR) is 115 cm³/mol. The summed E-state index contributed by atoms with van der Waals surface area (Å²) in [4.78, 5) is 31.5. The smallest absolute Gasteiger partial charge is 0.253 e. The van der Waals surface area contributed by atoms with Gasteiger partial charge < -0.3 is 10.2 Å². The quantitative estimate of drug-likeness (QED) is 0.771. The average molecular weight is 398 g/mol. The van der Waals surface area contributed by atoms with Gasteiger partial charge in [-0.25, -0.2) is 4.98 Å². The lowest BCUT2D eigenvalue weighted by atomic mass is 9.91. The van der Waals surface area contributed by atoms with E-state index in [0.717, 1.165) is 35.8 Å². The van der Waals surface area contributed by atoms with E-state index in [1.807, 2.05) is 36.3 Å². The molecular formula is C22H27N3O2S. The van der Waals surface area contributed by atoms with Crippen molar-refractivity contribution in [2.45, 2.75) is 34.1 Å². The van der Waals surface area contributed by atoms with Crippen molar-refractivity contribution >= 4 is 34.9 Å². The lowest BCUT2D eigenvalue weighted by Crippen LogP contribution is -2.42. The van der Waals surface area contributed by atoms with E-state index >= 15 is 0 Å². The second-order valence-corrected chi connectivity index (χ2v) is 8.86. The maximum absolute atomic E-state index is 12.9. The second kappa shape index (κ2) is 8.69. The van der Waals surface area contributed by atoms with Crippen LogP contribution in [0.25, 0.3) is 6.08 Å². The molecule has 28 heavy (non-hydrogen) atoms. The van der Waals surface area contributed by atoms with E-state index in [9.17, 15) is 9.59 Å². The van der Waals surface area contributed by atoms with E-state index in [4.69, 9.17) is 0 Å². The Kier molecular flexibility index (Phi) is 6.29. The minimum Gasteiger partial charge on any atom is -0.338 e. The molecular weight excluding hydrogens is 370 g/mol. The Morgan fingerprint density at radius 3 is 2.57 bits per heavy atom. The third-order valence-corrected chi connectivity index (χ3v) is 5.73. The van der Waals surface area contributed by atoms with E-state index < -0.39 is 0 Å². The highest BCUT2D eigenvalue weighted by molar-refractivity contribution is 7.09. The molecule has 1 aromatic heterocycles. The van der Waals surface area contributed by atoms with Gasteiger partial charge in [-0.3, -0.25) is 9.59 Å². The molecule has 2 unspecified atom stereocenters. The largest absolute Gasteiger partial charge is 0.338 e. The first kappa shape index (κ1) is 20.3. The van der Waals surface area contributed by atoms with Crippen LogP contribution in [0.2, 0.25) is 0 Å². The van der Waals surface area contributed by atoms with Crippen LogP contribution in [0.15, 0.2) is 29.7 Å². The first-order valence-corrected chi connectivity index (χ1v) is 10.5. The number of likely N-dealkylation sites (tertiary alicyclic amines) is 1. The number of thiazole rings is 1. The standard InChI is InChI=1S/C22H27N3O2S/c1-14-9-15(2)12-25(11-14)22(27)18-6-5-16(3)20(10-18)24-21(26)8-7-19-13-28-17(4)23-19/h5-8,10,13-15H,9,11-12H2,1-4H3,(H,24,26)/b8-7+. The van der Waals surface area contributed by atoms with E-state index in [0.29, 0.717) is 23.1 Å². The van der Waals surface area contributed by atoms with Crippen LogP contribution in [-0.2, 0) is 4.79 Å². The molecule has 1 fully saturated rings. The zero-order valence-corrected chi connectivity index (χ0v) is 17.7. The maximum atomic E-state index is 12.9. The topological polar surface area (TPSA) is 62.3 Å². The number of aromatic nitrogens is 1. The molecule has 1 aliphatic rings. The first-order valence-electron chi connectivity index (χ1n) is 9.63. The third kappa shape index (κ3) is 5.07. The zero-order valence-electron chi connectivity index (χ0n) is 16.9. The fourth-order valence-electron chi connectivity index (χ4n) is 3.69. The number of nitrogens with one attached hydrogen (secondary N) is 1. The number of hydrogen-bond acceptors (Lipinski definition) is 4. The van der Waals surface area contributed by atoms with Gasteiger partial charge in [0.15, 0.2) is 0 Å². The van der Waals surface area contributed by atoms with Crippen LogP contribution in [0.1, 0.15) is 46.9 Å². The summed E-state index contributed by atoms with van der Waals surface area (Å²) < 4.78 is 0. The molecule has 0 radical (unpaired) electrons. The molecule has 148 valence electrons. The number of piperidine rings is 1. The fraction of sp³-hybridized carbons (Fsp3) is 0.409. The molecule has 1 N–H and O–H groups in total. The van der Waals surface area contributed by atoms with Crippen molar-refractivity contribution in [1.29, 1.82) is 0 Å². The average Bonchev–Trinajstić information content (AvgIpc) is 3.06. The SMILES string of the molecule is Cc1nc(/C=C/C(=O)Nc2cc(C(=O)N3CC(C)CC(C)C3)ccc2C)cs1. The number of aryl methyl sites for hydroxylation is 2. The molecule has 5 nitrogen and oxygen atoms in total. The molecule has 1 aromatic carbocycles. The summed E-state index contributed by atoms with van der Waals surface area (Å²) in [6, 6.07) is 5.50. The van der Waals surface area contributed by atoms with Crippen LogP contribution in [0, 0.1) is 25.7 Å². The highest BCUT2D eigenvalue weighted by Crippen LogP contribution is 2.24. The molecule has 1 saturated heterocycles. The molecule has 2 aromatic rings. The lowest BCUT2D eigenvalue weighted by molar-refractivity contribution is -0.111. The minimum absolute atomic E-state index is 0.0300. The number of carbonyl (C=O) groups excluding carboxylic acids is 2. The van der Waals surface area contributed by atoms with Crippen LogP contribution in [-0.4, -0.2) is 34.8 Å². The van der Waals surface area contributed by atoms with E-state index in [1.54, 1.807) is 23.5 Å². The summed E-state index contributed by atoms with van der Waals surface area (Å²) in [6.45, 7) is 9.79. The molecule has 2 heterocycles. The van der Waals surface area contributed by atoms with Crippen molar-refractivity contribution in [3.8, 4) is 0 Å². The van der Waals surface area contributed by atoms with Gasteiger partial charge in [-0.15, -0.1) is 11.3 Å². The van der Waals surface area contributed by atoms with Crippen molar-refractivity contribution in [3.63, 3.8) is 0 Å². The van der Waals surface area contributed by atoms with E-state index in [-0.39, 0.29) is 11.8 Å². The lowest BCUT2D eigenvalue weighted by Gasteiger charge is -2.35. The summed E-state index contributed by atoms with van der Waals surface area (Å²) >= 11 is 1.55. The van der Waals surface area contributed by atoms with Gasteiger partial charge in [0.25, 0.3) is 5.91 Å². The Morgan fingerprint density at radius 2 is 1.93 bits per heavy atom. The summed E-state index contributed by atoms with van der Waals surface area (Å²) in [5, 5.41) is 5.75. The van der Waals surface area contributed by atoms with Crippen LogP contribution < -0.4 is 5.32 Å². The van der Waals surface area contributed by atoms with Gasteiger partial charge >= 0.3 is 0 Å². The number of benzene rings is 1. The summed E-state index contributed by atoms with van der Waals surface area (Å²) in [7, 11) is 0. The second-order valence-electron chi connectivity index (χ2n) is 7.80. The van der Waals surface area contributed by atoms with Gasteiger partial charge in [-0.05, 0) is 55.9 Å². The van der Waals surface area contributed by atoms with Gasteiger partial charge in [-0.2, -0.15) is 0 Å². The summed E-state index contributed by atoms with van der Waals surface area (Å²) in [5.41, 5.74) is 2.96. The predicted octanol–water partition coefficient (Wildman–Crippen LogP) is 4.53. The maximum Gasteiger partial charge on any atom is 0.253 e. The van der Waals surface area contributed by atoms with Crippen molar-refractivity contribution in [2.24, 2.45) is 11.8 Å². The first-order chi connectivity index (χ1) is 13.3. The van der Waals surface area contributed by atoms with Crippen LogP contribution in [0.5, 0.6) is 0 Å². The number of amides is 2. The van der Waals surface area contributed by atoms with Crippen molar-refractivity contribution in [3.05, 3.63) is 51.5 Å². The minimum atomic E-state index is -0.237. The van der Waals surface area contributed by atoms with E-state index in [2.05, 4.69) is 24.1 Å². The molecule has 0 spiro atoms. The Balaban J connectivity index is 1.71. The van der Waals surface area contributed by atoms with Gasteiger partial charge in [-0.1, -0.05) is 19.9 Å². The van der Waals surface area contributed by atoms with Crippen LogP contribution >= 0.6 is 11.3 Å². The molecule has 0 aliphatic carbocycles. The number of rotatable bonds is 4. The van der Waals surface area contributed by atoms with Gasteiger partial charge in [0.2, 0.25) is 5.91 Å². The van der Waals surface area contributed by atoms with Crippen molar-refractivity contribution < 1.29 is 9.59 Å². The molecule has 2 atom stereocenters. The molecule has 0 bridgehead atoms. The Hall–Kier alpha value is -2.47. The fourth-order valence-corrected chi connectivity index (χ4v) is 4.27. The third-order valence-electron chi connectivity index (χ3n) is 4.94. The van der Waals surface area contributed by atoms with Crippen molar-refractivity contribution in [1.82, 2.24) is 9.88 Å². The molecule has 1 aliphatic heterocycles. The number of hydrogen-bond donors (Lipinski definition) is 1. The van der Waals surface area contributed by atoms with Crippen LogP contribution in [0.4, 0.5) is 5.69 Å². The molecule has 0 saturated carbocycles. The number of carbonyl (C=O) groups is 2. The van der Waals surface area contributed by atoms with Gasteiger partial charge in [0.05, 0.1) is 10.7 Å². The van der Waals surface area contributed by atoms with Gasteiger partial charge in [0, 0.05) is 35.8 Å². The van der Waals surface area contributed by atoms with Crippen LogP contribution in [0.3, 0.4) is 0 Å². The zero-order chi connectivity index (χ0) is 20.3. The molecule has 3 rings (SSSR count). The summed E-state index contributed by atoms with van der Waals surface area (Å²) in [6.07, 6.45) is 4.32. The number of nitrogens with zero attached hydrogens (tertiary/aromatic N) is 2. The van der Waals surface area contributed by atoms with Gasteiger partial charge in [0.1, 0.15) is 0 Å². The number of anilines is 1. The monoisotopic (exact) mass is 397 g/mol. The Labute approximate surface area is 170 Å². The summed E-state index contributed by atoms with van der Waals surface area (Å²) in [5.74, 6) is 0.814. The highest BCUT2D eigenvalue weighted by Gasteiger charge is 2.26. The van der Waals surface area contributed by atoms with E-state index in [1.165, 1.54) is 6.08 Å². The molecule has 6 heteroatoms. The Bertz CT molecular complexity index is 893. The highest BCUT2D eigenvalue weighted by atomic mass is 32.1. The van der Waals surface area contributed by atoms with Crippen molar-refractivity contribution in [2.75, 3.05) is 18.4 Å².